The summed E-state index contributed by atoms with van der Waals surface area (Å²) in [4.78, 5) is 0. The molecular weight excluding hydrogens is 372 g/mol. The van der Waals surface area contributed by atoms with E-state index in [1.807, 2.05) is 0 Å². The predicted molar refractivity (Wildman–Crippen MR) is 122 cm³/mol. The minimum Gasteiger partial charge on any atom is -0.393 e. The molecule has 0 spiro atoms. The summed E-state index contributed by atoms with van der Waals surface area (Å²) in [5.74, 6) is 2.28. The minimum atomic E-state index is -0.621. The van der Waals surface area contributed by atoms with E-state index < -0.39 is 12.2 Å². The average Bonchev–Trinajstić information content (AvgIpc) is 3.49. The molecule has 0 amide bonds. The Labute approximate surface area is 182 Å². The number of hydrogen-bond acceptors (Lipinski definition) is 3. The Morgan fingerprint density at radius 3 is 2.60 bits per heavy atom. The number of allylic oxidation sites excluding steroid dienone is 4. The number of fused-ring (bicyclic) bond motifs is 1. The van der Waals surface area contributed by atoms with Crippen molar-refractivity contribution in [3.63, 3.8) is 0 Å². The van der Waals surface area contributed by atoms with E-state index in [9.17, 15) is 15.3 Å². The standard InChI is InChI=1S/C27H40O3/c1-17(6-13-25(29)20-8-9-20)23-11-12-24-19(5-4-14-27(23,24)3)7-10-21-15-22(28)16-26(30)18(21)2/h6-7,10,13,17,20,22-26,28-30H,2,4-5,8-9,11-12,14-16H2,1,3H3/b13-6+,19-7+,21-10-/t17-,22+,23-,24+,25+,26+,27-/m1/s1. The minimum absolute atomic E-state index is 0.250. The lowest BCUT2D eigenvalue weighted by atomic mass is 9.61. The average molecular weight is 413 g/mol. The van der Waals surface area contributed by atoms with Crippen molar-refractivity contribution in [2.45, 2.75) is 89.9 Å². The van der Waals surface area contributed by atoms with Crippen LogP contribution in [0.1, 0.15) is 71.6 Å². The van der Waals surface area contributed by atoms with E-state index in [-0.39, 0.29) is 6.10 Å². The maximum absolute atomic E-state index is 10.2. The normalized spacial score (nSPS) is 42.1. The Hall–Kier alpha value is -1.16. The van der Waals surface area contributed by atoms with Crippen LogP contribution in [0, 0.1) is 29.1 Å². The Kier molecular flexibility index (Phi) is 6.44. The maximum atomic E-state index is 10.2. The molecule has 0 radical (unpaired) electrons. The largest absolute Gasteiger partial charge is 0.393 e. The second-order valence-electron chi connectivity index (χ2n) is 10.7. The van der Waals surface area contributed by atoms with E-state index in [2.05, 4.69) is 44.7 Å². The highest BCUT2D eigenvalue weighted by Crippen LogP contribution is 2.59. The van der Waals surface area contributed by atoms with Crippen molar-refractivity contribution in [2.24, 2.45) is 29.1 Å². The van der Waals surface area contributed by atoms with Gasteiger partial charge in [0, 0.05) is 6.42 Å². The molecule has 4 aliphatic rings. The molecule has 30 heavy (non-hydrogen) atoms. The van der Waals surface area contributed by atoms with Gasteiger partial charge in [0.1, 0.15) is 0 Å². The Bertz CT molecular complexity index is 743. The molecule has 0 saturated heterocycles. The van der Waals surface area contributed by atoms with Gasteiger partial charge in [0.25, 0.3) is 0 Å². The first-order chi connectivity index (χ1) is 14.3. The summed E-state index contributed by atoms with van der Waals surface area (Å²) in [7, 11) is 0. The number of aliphatic hydroxyl groups is 3. The van der Waals surface area contributed by atoms with Gasteiger partial charge in [-0.3, -0.25) is 0 Å². The van der Waals surface area contributed by atoms with Gasteiger partial charge in [-0.2, -0.15) is 0 Å². The first kappa shape index (κ1) is 22.0. The molecule has 3 N–H and O–H groups in total. The second-order valence-corrected chi connectivity index (χ2v) is 10.7. The predicted octanol–water partition coefficient (Wildman–Crippen LogP) is 5.09. The molecule has 0 aliphatic heterocycles. The van der Waals surface area contributed by atoms with Crippen molar-refractivity contribution in [2.75, 3.05) is 0 Å². The van der Waals surface area contributed by atoms with Gasteiger partial charge in [0.2, 0.25) is 0 Å². The zero-order valence-corrected chi connectivity index (χ0v) is 18.8. The molecule has 0 aromatic heterocycles. The highest BCUT2D eigenvalue weighted by atomic mass is 16.3. The summed E-state index contributed by atoms with van der Waals surface area (Å²) in [6.07, 6.45) is 16.9. The van der Waals surface area contributed by atoms with Crippen LogP contribution in [0.15, 0.2) is 47.6 Å². The van der Waals surface area contributed by atoms with E-state index in [0.29, 0.717) is 41.9 Å². The zero-order valence-electron chi connectivity index (χ0n) is 18.8. The smallest absolute Gasteiger partial charge is 0.0811 e. The van der Waals surface area contributed by atoms with Crippen molar-refractivity contribution in [3.8, 4) is 0 Å². The van der Waals surface area contributed by atoms with Gasteiger partial charge in [-0.25, -0.2) is 0 Å². The van der Waals surface area contributed by atoms with Gasteiger partial charge in [-0.1, -0.05) is 50.3 Å². The fraction of sp³-hybridized carbons (Fsp3) is 0.704. The molecular formula is C27H40O3. The van der Waals surface area contributed by atoms with Gasteiger partial charge < -0.3 is 15.3 Å². The monoisotopic (exact) mass is 412 g/mol. The van der Waals surface area contributed by atoms with Gasteiger partial charge in [-0.15, -0.1) is 0 Å². The van der Waals surface area contributed by atoms with Crippen LogP contribution in [0.3, 0.4) is 0 Å². The van der Waals surface area contributed by atoms with Gasteiger partial charge in [0.05, 0.1) is 18.3 Å². The van der Waals surface area contributed by atoms with Crippen LogP contribution in [0.25, 0.3) is 0 Å². The van der Waals surface area contributed by atoms with Crippen molar-refractivity contribution in [1.82, 2.24) is 0 Å². The van der Waals surface area contributed by atoms with Crippen LogP contribution >= 0.6 is 0 Å². The fourth-order valence-corrected chi connectivity index (χ4v) is 6.63. The lowest BCUT2D eigenvalue weighted by Crippen LogP contribution is -2.35. The van der Waals surface area contributed by atoms with E-state index in [1.165, 1.54) is 44.1 Å². The van der Waals surface area contributed by atoms with E-state index >= 15 is 0 Å². The zero-order chi connectivity index (χ0) is 21.5. The van der Waals surface area contributed by atoms with Crippen LogP contribution < -0.4 is 0 Å². The second kappa shape index (κ2) is 8.76. The Morgan fingerprint density at radius 1 is 1.10 bits per heavy atom. The molecule has 7 atom stereocenters. The maximum Gasteiger partial charge on any atom is 0.0811 e. The van der Waals surface area contributed by atoms with E-state index in [0.717, 1.165) is 17.6 Å². The highest BCUT2D eigenvalue weighted by molar-refractivity contribution is 5.38. The fourth-order valence-electron chi connectivity index (χ4n) is 6.63. The van der Waals surface area contributed by atoms with Crippen molar-refractivity contribution in [1.29, 1.82) is 0 Å². The van der Waals surface area contributed by atoms with E-state index in [1.54, 1.807) is 0 Å². The topological polar surface area (TPSA) is 60.7 Å². The number of rotatable bonds is 5. The highest BCUT2D eigenvalue weighted by Gasteiger charge is 2.50. The van der Waals surface area contributed by atoms with Gasteiger partial charge >= 0.3 is 0 Å². The van der Waals surface area contributed by atoms with Crippen LogP contribution in [-0.4, -0.2) is 33.6 Å². The third kappa shape index (κ3) is 4.40. The van der Waals surface area contributed by atoms with Crippen molar-refractivity contribution >= 4 is 0 Å². The molecule has 0 aromatic rings. The lowest BCUT2D eigenvalue weighted by Gasteiger charge is -2.44. The third-order valence-corrected chi connectivity index (χ3v) is 8.65. The van der Waals surface area contributed by atoms with Crippen LogP contribution in [0.2, 0.25) is 0 Å². The van der Waals surface area contributed by atoms with Gasteiger partial charge in [0.15, 0.2) is 0 Å². The SMILES string of the molecule is C=C1/C(=C\C=C2/CCC[C@]3(C)[C@@H]([C@H](C)/C=C/[C@H](O)C4CC4)CC[C@@H]23)C[C@H](O)C[C@@H]1O. The van der Waals surface area contributed by atoms with Crippen LogP contribution in [0.4, 0.5) is 0 Å². The summed E-state index contributed by atoms with van der Waals surface area (Å²) in [6, 6.07) is 0. The van der Waals surface area contributed by atoms with Crippen LogP contribution in [0.5, 0.6) is 0 Å². The molecule has 0 bridgehead atoms. The van der Waals surface area contributed by atoms with Gasteiger partial charge in [-0.05, 0) is 91.6 Å². The first-order valence-corrected chi connectivity index (χ1v) is 12.1. The quantitative estimate of drug-likeness (QED) is 0.551. The molecule has 0 aromatic carbocycles. The summed E-state index contributed by atoms with van der Waals surface area (Å²) < 4.78 is 0. The summed E-state index contributed by atoms with van der Waals surface area (Å²) in [5.41, 5.74) is 3.63. The number of aliphatic hydroxyl groups excluding tert-OH is 3. The third-order valence-electron chi connectivity index (χ3n) is 8.65. The molecule has 3 nitrogen and oxygen atoms in total. The van der Waals surface area contributed by atoms with Crippen molar-refractivity contribution in [3.05, 3.63) is 47.6 Å². The van der Waals surface area contributed by atoms with Crippen molar-refractivity contribution < 1.29 is 15.3 Å². The molecule has 4 saturated carbocycles. The molecule has 3 heteroatoms. The summed E-state index contributed by atoms with van der Waals surface area (Å²) in [5, 5.41) is 30.4. The first-order valence-electron chi connectivity index (χ1n) is 12.1. The molecule has 4 fully saturated rings. The summed E-state index contributed by atoms with van der Waals surface area (Å²) >= 11 is 0. The van der Waals surface area contributed by atoms with Crippen LogP contribution in [-0.2, 0) is 0 Å². The Balaban J connectivity index is 1.48. The molecule has 0 heterocycles. The molecule has 4 aliphatic carbocycles. The summed E-state index contributed by atoms with van der Waals surface area (Å²) in [6.45, 7) is 8.88. The Morgan fingerprint density at radius 2 is 1.87 bits per heavy atom. The number of hydrogen-bond donors (Lipinski definition) is 3. The molecule has 166 valence electrons. The van der Waals surface area contributed by atoms with E-state index in [4.69, 9.17) is 0 Å². The molecule has 0 unspecified atom stereocenters. The molecule has 4 rings (SSSR count). The lowest BCUT2D eigenvalue weighted by molar-refractivity contribution is 0.0862.